The summed E-state index contributed by atoms with van der Waals surface area (Å²) >= 11 is -0.611. The summed E-state index contributed by atoms with van der Waals surface area (Å²) in [5, 5.41) is 0.319. The Hall–Kier alpha value is -0.0105. The van der Waals surface area contributed by atoms with Crippen molar-refractivity contribution in [3.63, 3.8) is 0 Å². The van der Waals surface area contributed by atoms with Crippen molar-refractivity contribution in [2.45, 2.75) is 0 Å². The first-order chi connectivity index (χ1) is 1.91. The van der Waals surface area contributed by atoms with Crippen LogP contribution in [0.1, 0.15) is 0 Å². The SMILES string of the molecule is O=[CH][Fe]=[O]. The molecule has 0 fully saturated rings. The van der Waals surface area contributed by atoms with E-state index in [0.29, 0.717) is 5.18 Å². The van der Waals surface area contributed by atoms with Gasteiger partial charge in [-0.25, -0.2) is 0 Å². The normalized spacial score (nSPS) is 6.00. The summed E-state index contributed by atoms with van der Waals surface area (Å²) in [5.74, 6) is 0. The van der Waals surface area contributed by atoms with Crippen molar-refractivity contribution in [1.82, 2.24) is 0 Å². The predicted molar refractivity (Wildman–Crippen MR) is 7.44 cm³/mol. The maximum absolute atomic E-state index is 8.93. The van der Waals surface area contributed by atoms with E-state index < -0.39 is 14.9 Å². The molecule has 0 heterocycles. The van der Waals surface area contributed by atoms with Gasteiger partial charge in [-0.15, -0.1) is 0 Å². The molecule has 0 saturated heterocycles. The van der Waals surface area contributed by atoms with E-state index in [4.69, 9.17) is 8.63 Å². The molecule has 0 aromatic carbocycles. The summed E-state index contributed by atoms with van der Waals surface area (Å²) in [5.41, 5.74) is 0. The average Bonchev–Trinajstić information content (AvgIpc) is 1.37. The van der Waals surface area contributed by atoms with Gasteiger partial charge in [0.1, 0.15) is 0 Å². The molecule has 0 atom stereocenters. The molecule has 3 heteroatoms. The van der Waals surface area contributed by atoms with E-state index in [-0.39, 0.29) is 0 Å². The third-order valence-electron chi connectivity index (χ3n) is 0.0340. The molecule has 0 aromatic heterocycles. The van der Waals surface area contributed by atoms with Crippen LogP contribution < -0.4 is 0 Å². The van der Waals surface area contributed by atoms with Crippen LogP contribution in [-0.4, -0.2) is 5.18 Å². The van der Waals surface area contributed by atoms with Crippen LogP contribution in [0.5, 0.6) is 0 Å². The van der Waals surface area contributed by atoms with Gasteiger partial charge in [0.15, 0.2) is 0 Å². The molecular weight excluding hydrogens is 99.9 g/mol. The van der Waals surface area contributed by atoms with Gasteiger partial charge in [-0.2, -0.15) is 0 Å². The molecular formula is CHFeO2. The van der Waals surface area contributed by atoms with Gasteiger partial charge in [0.25, 0.3) is 0 Å². The summed E-state index contributed by atoms with van der Waals surface area (Å²) in [4.78, 5) is 8.86. The summed E-state index contributed by atoms with van der Waals surface area (Å²) in [6.45, 7) is 0. The molecule has 0 unspecified atom stereocenters. The topological polar surface area (TPSA) is 34.1 Å². The van der Waals surface area contributed by atoms with Crippen LogP contribution in [0, 0.1) is 0 Å². The van der Waals surface area contributed by atoms with E-state index in [1.807, 2.05) is 0 Å². The third-order valence-corrected chi connectivity index (χ3v) is 0.140. The monoisotopic (exact) mass is 101 g/mol. The standard InChI is InChI=1S/CHO.Fe.O/c1-2;;/h1H;;. The van der Waals surface area contributed by atoms with Crippen molar-refractivity contribution >= 4 is 5.18 Å². The molecule has 2 nitrogen and oxygen atoms in total. The molecule has 0 spiro atoms. The summed E-state index contributed by atoms with van der Waals surface area (Å²) in [6.07, 6.45) is 0. The van der Waals surface area contributed by atoms with E-state index in [1.54, 1.807) is 0 Å². The number of hydrogen-bond donors (Lipinski definition) is 0. The van der Waals surface area contributed by atoms with Crippen molar-refractivity contribution in [1.29, 1.82) is 0 Å². The van der Waals surface area contributed by atoms with Crippen molar-refractivity contribution in [2.24, 2.45) is 0 Å². The van der Waals surface area contributed by atoms with E-state index in [0.717, 1.165) is 0 Å². The Morgan fingerprint density at radius 2 is 2.00 bits per heavy atom. The minimum atomic E-state index is -0.611. The number of hydrogen-bond acceptors (Lipinski definition) is 2. The van der Waals surface area contributed by atoms with Gasteiger partial charge >= 0.3 is 28.7 Å². The number of rotatable bonds is 1. The van der Waals surface area contributed by atoms with Crippen LogP contribution in [0.25, 0.3) is 0 Å². The second kappa shape index (κ2) is 2.99. The number of carbonyl (C=O) groups excluding carboxylic acids is 1. The fourth-order valence-electron chi connectivity index (χ4n) is 0. The Morgan fingerprint density at radius 3 is 2.00 bits per heavy atom. The van der Waals surface area contributed by atoms with Gasteiger partial charge in [-0.05, 0) is 0 Å². The van der Waals surface area contributed by atoms with Crippen LogP contribution in [0.3, 0.4) is 0 Å². The first-order valence-corrected chi connectivity index (χ1v) is 1.67. The Kier molecular flexibility index (Phi) is 2.98. The molecule has 0 aliphatic carbocycles. The van der Waals surface area contributed by atoms with Crippen molar-refractivity contribution in [3.05, 3.63) is 0 Å². The molecule has 0 amide bonds. The van der Waals surface area contributed by atoms with Crippen LogP contribution in [-0.2, 0) is 23.5 Å². The zero-order valence-electron chi connectivity index (χ0n) is 1.75. The Morgan fingerprint density at radius 1 is 1.75 bits per heavy atom. The van der Waals surface area contributed by atoms with Crippen molar-refractivity contribution in [2.75, 3.05) is 0 Å². The quantitative estimate of drug-likeness (QED) is 0.332. The van der Waals surface area contributed by atoms with E-state index in [1.165, 1.54) is 0 Å². The fraction of sp³-hybridized carbons (Fsp3) is 0. The van der Waals surface area contributed by atoms with Crippen LogP contribution in [0.4, 0.5) is 0 Å². The molecule has 0 N–H and O–H groups in total. The van der Waals surface area contributed by atoms with Gasteiger partial charge in [-0.3, -0.25) is 0 Å². The van der Waals surface area contributed by atoms with Gasteiger partial charge in [-0.1, -0.05) is 0 Å². The second-order valence-electron chi connectivity index (χ2n) is 0.167. The average molecular weight is 101 g/mol. The van der Waals surface area contributed by atoms with E-state index in [9.17, 15) is 0 Å². The minimum absolute atomic E-state index is 0.319. The van der Waals surface area contributed by atoms with E-state index >= 15 is 0 Å². The fourth-order valence-corrected chi connectivity index (χ4v) is 0. The zero-order chi connectivity index (χ0) is 3.41. The van der Waals surface area contributed by atoms with Crippen molar-refractivity contribution < 1.29 is 23.5 Å². The molecule has 25 valence electrons. The molecule has 0 bridgehead atoms. The first-order valence-electron chi connectivity index (χ1n) is 0.584. The molecule has 0 aliphatic heterocycles. The first kappa shape index (κ1) is 3.99. The van der Waals surface area contributed by atoms with Crippen LogP contribution in [0.2, 0.25) is 0 Å². The predicted octanol–water partition coefficient (Wildman–Crippen LogP) is -0.395. The Balaban J connectivity index is 2.73. The van der Waals surface area contributed by atoms with Gasteiger partial charge < -0.3 is 0 Å². The van der Waals surface area contributed by atoms with Crippen LogP contribution >= 0.6 is 0 Å². The molecule has 0 radical (unpaired) electrons. The van der Waals surface area contributed by atoms with Crippen LogP contribution in [0.15, 0.2) is 0 Å². The molecule has 0 rings (SSSR count). The summed E-state index contributed by atoms with van der Waals surface area (Å²) < 4.78 is 8.93. The molecule has 0 aliphatic rings. The maximum atomic E-state index is 8.93. The van der Waals surface area contributed by atoms with Crippen molar-refractivity contribution in [3.8, 4) is 0 Å². The van der Waals surface area contributed by atoms with Gasteiger partial charge in [0.2, 0.25) is 0 Å². The molecule has 4 heavy (non-hydrogen) atoms. The Labute approximate surface area is 29.6 Å². The Bertz CT molecular complexity index is 27.0. The molecule has 0 saturated carbocycles. The van der Waals surface area contributed by atoms with E-state index in [2.05, 4.69) is 0 Å². The second-order valence-corrected chi connectivity index (χ2v) is 0.687. The molecule has 0 aromatic rings. The summed E-state index contributed by atoms with van der Waals surface area (Å²) in [7, 11) is 0. The van der Waals surface area contributed by atoms with Gasteiger partial charge in [0, 0.05) is 0 Å². The number of carbonyl (C=O) groups is 1. The summed E-state index contributed by atoms with van der Waals surface area (Å²) in [6, 6.07) is 0. The third kappa shape index (κ3) is 1.99. The zero-order valence-corrected chi connectivity index (χ0v) is 2.85. The van der Waals surface area contributed by atoms with Gasteiger partial charge in [0.05, 0.1) is 0 Å².